The van der Waals surface area contributed by atoms with Gasteiger partial charge in [0.25, 0.3) is 0 Å². The van der Waals surface area contributed by atoms with Crippen molar-refractivity contribution in [2.75, 3.05) is 0 Å². The summed E-state index contributed by atoms with van der Waals surface area (Å²) in [6, 6.07) is 3.64. The molecule has 0 fully saturated rings. The highest BCUT2D eigenvalue weighted by atomic mass is 35.5. The summed E-state index contributed by atoms with van der Waals surface area (Å²) in [6.07, 6.45) is 6.55. The lowest BCUT2D eigenvalue weighted by molar-refractivity contribution is 0.432. The highest BCUT2D eigenvalue weighted by molar-refractivity contribution is 6.28. The number of aromatic nitrogens is 6. The molecule has 0 atom stereocenters. The normalized spacial score (nSPS) is 10.5. The minimum Gasteiger partial charge on any atom is -0.422 e. The summed E-state index contributed by atoms with van der Waals surface area (Å²) in [5.41, 5.74) is 0.730. The Kier molecular flexibility index (Phi) is 3.26. The first-order valence-corrected chi connectivity index (χ1v) is 6.09. The van der Waals surface area contributed by atoms with Crippen molar-refractivity contribution in [3.63, 3.8) is 0 Å². The second-order valence-corrected chi connectivity index (χ2v) is 4.18. The minimum atomic E-state index is 0.0419. The van der Waals surface area contributed by atoms with Crippen molar-refractivity contribution in [1.29, 1.82) is 0 Å². The molecule has 3 rings (SSSR count). The van der Waals surface area contributed by atoms with Crippen LogP contribution in [-0.4, -0.2) is 29.5 Å². The number of nitrogens with zero attached hydrogens (tertiary/aromatic N) is 6. The van der Waals surface area contributed by atoms with Gasteiger partial charge >= 0.3 is 6.01 Å². The van der Waals surface area contributed by atoms with E-state index in [1.807, 2.05) is 6.92 Å². The van der Waals surface area contributed by atoms with E-state index in [2.05, 4.69) is 24.9 Å². The molecule has 8 heteroatoms. The molecule has 0 radical (unpaired) electrons. The summed E-state index contributed by atoms with van der Waals surface area (Å²) >= 11 is 5.88. The average molecular weight is 289 g/mol. The van der Waals surface area contributed by atoms with Crippen LogP contribution in [-0.2, 0) is 0 Å². The summed E-state index contributed by atoms with van der Waals surface area (Å²) in [4.78, 5) is 20.2. The Morgan fingerprint density at radius 1 is 1.20 bits per heavy atom. The number of rotatable bonds is 3. The van der Waals surface area contributed by atoms with E-state index in [4.69, 9.17) is 16.3 Å². The number of hydrogen-bond acceptors (Lipinski definition) is 6. The van der Waals surface area contributed by atoms with Crippen LogP contribution in [0.1, 0.15) is 5.69 Å². The van der Waals surface area contributed by atoms with Crippen LogP contribution >= 0.6 is 11.6 Å². The molecule has 0 unspecified atom stereocenters. The molecule has 0 amide bonds. The Bertz CT molecular complexity index is 731. The molecule has 0 aliphatic rings. The molecule has 0 N–H and O–H groups in total. The summed E-state index contributed by atoms with van der Waals surface area (Å²) in [6.45, 7) is 1.83. The molecule has 0 aromatic carbocycles. The van der Waals surface area contributed by atoms with Gasteiger partial charge in [0.1, 0.15) is 6.33 Å². The van der Waals surface area contributed by atoms with Crippen LogP contribution in [0.5, 0.6) is 11.8 Å². The van der Waals surface area contributed by atoms with Crippen LogP contribution in [0.2, 0.25) is 5.28 Å². The Hall–Kier alpha value is -2.54. The topological polar surface area (TPSA) is 78.6 Å². The fourth-order valence-corrected chi connectivity index (χ4v) is 1.68. The third-order valence-electron chi connectivity index (χ3n) is 2.47. The summed E-state index contributed by atoms with van der Waals surface area (Å²) in [7, 11) is 0. The fraction of sp³-hybridized carbons (Fsp3) is 0.0833. The van der Waals surface area contributed by atoms with Gasteiger partial charge in [-0.1, -0.05) is 0 Å². The average Bonchev–Trinajstić information content (AvgIpc) is 2.95. The van der Waals surface area contributed by atoms with Gasteiger partial charge in [-0.2, -0.15) is 15.0 Å². The van der Waals surface area contributed by atoms with Crippen LogP contribution in [0, 0.1) is 6.92 Å². The molecule has 3 aromatic rings. The number of ether oxygens (including phenoxy) is 1. The van der Waals surface area contributed by atoms with E-state index >= 15 is 0 Å². The van der Waals surface area contributed by atoms with Crippen LogP contribution in [0.4, 0.5) is 0 Å². The standard InChI is InChI=1S/C12H9ClN6O/c1-8-9(3-2-4-15-8)20-12-17-10(13)16-11(18-12)19-6-5-14-7-19/h2-7H,1H3. The van der Waals surface area contributed by atoms with Gasteiger partial charge in [0.05, 0.1) is 5.69 Å². The maximum Gasteiger partial charge on any atom is 0.328 e. The zero-order chi connectivity index (χ0) is 13.9. The monoisotopic (exact) mass is 288 g/mol. The number of aryl methyl sites for hydroxylation is 1. The lowest BCUT2D eigenvalue weighted by Gasteiger charge is -2.07. The SMILES string of the molecule is Cc1ncccc1Oc1nc(Cl)nc(-n2ccnc2)n1. The van der Waals surface area contributed by atoms with Crippen LogP contribution in [0.3, 0.4) is 0 Å². The molecule has 0 saturated heterocycles. The van der Waals surface area contributed by atoms with Gasteiger partial charge in [-0.25, -0.2) is 4.98 Å². The number of halogens is 1. The van der Waals surface area contributed by atoms with E-state index in [9.17, 15) is 0 Å². The molecular weight excluding hydrogens is 280 g/mol. The molecule has 20 heavy (non-hydrogen) atoms. The molecule has 0 bridgehead atoms. The van der Waals surface area contributed by atoms with Crippen molar-refractivity contribution >= 4 is 11.6 Å². The van der Waals surface area contributed by atoms with Gasteiger partial charge in [-0.05, 0) is 30.7 Å². The van der Waals surface area contributed by atoms with Crippen LogP contribution < -0.4 is 4.74 Å². The zero-order valence-electron chi connectivity index (χ0n) is 10.4. The molecule has 100 valence electrons. The second kappa shape index (κ2) is 5.22. The zero-order valence-corrected chi connectivity index (χ0v) is 11.2. The van der Waals surface area contributed by atoms with Gasteiger partial charge in [0.2, 0.25) is 11.2 Å². The first-order valence-electron chi connectivity index (χ1n) is 5.72. The molecule has 0 saturated carbocycles. The van der Waals surface area contributed by atoms with Crippen molar-refractivity contribution in [3.05, 3.63) is 48.0 Å². The second-order valence-electron chi connectivity index (χ2n) is 3.85. The van der Waals surface area contributed by atoms with Gasteiger partial charge in [0, 0.05) is 18.6 Å². The van der Waals surface area contributed by atoms with Crippen LogP contribution in [0.15, 0.2) is 37.1 Å². The molecule has 0 aliphatic heterocycles. The number of pyridine rings is 1. The van der Waals surface area contributed by atoms with E-state index in [1.54, 1.807) is 41.6 Å². The Labute approximate surface area is 119 Å². The lowest BCUT2D eigenvalue weighted by Crippen LogP contribution is -2.03. The molecule has 7 nitrogen and oxygen atoms in total. The third kappa shape index (κ3) is 2.57. The third-order valence-corrected chi connectivity index (χ3v) is 2.64. The summed E-state index contributed by atoms with van der Waals surface area (Å²) in [5.74, 6) is 0.894. The molecule has 3 aromatic heterocycles. The van der Waals surface area contributed by atoms with Gasteiger partial charge < -0.3 is 4.74 Å². The molecule has 3 heterocycles. The van der Waals surface area contributed by atoms with Crippen molar-refractivity contribution < 1.29 is 4.74 Å². The highest BCUT2D eigenvalue weighted by Crippen LogP contribution is 2.21. The molecular formula is C12H9ClN6O. The minimum absolute atomic E-state index is 0.0419. The smallest absolute Gasteiger partial charge is 0.328 e. The van der Waals surface area contributed by atoms with Crippen molar-refractivity contribution in [2.45, 2.75) is 6.92 Å². The Morgan fingerprint density at radius 2 is 2.10 bits per heavy atom. The Balaban J connectivity index is 1.97. The van der Waals surface area contributed by atoms with E-state index < -0.39 is 0 Å². The quantitative estimate of drug-likeness (QED) is 0.735. The van der Waals surface area contributed by atoms with E-state index in [1.165, 1.54) is 0 Å². The summed E-state index contributed by atoms with van der Waals surface area (Å²) in [5, 5.41) is 0.0419. The fourth-order valence-electron chi connectivity index (χ4n) is 1.54. The molecule has 0 aliphatic carbocycles. The van der Waals surface area contributed by atoms with Gasteiger partial charge in [0.15, 0.2) is 5.75 Å². The number of imidazole rings is 1. The first kappa shape index (κ1) is 12.5. The van der Waals surface area contributed by atoms with Crippen molar-refractivity contribution in [2.24, 2.45) is 0 Å². The lowest BCUT2D eigenvalue weighted by atomic mass is 10.3. The maximum absolute atomic E-state index is 5.88. The Morgan fingerprint density at radius 3 is 2.85 bits per heavy atom. The van der Waals surface area contributed by atoms with E-state index in [-0.39, 0.29) is 11.3 Å². The number of hydrogen-bond donors (Lipinski definition) is 0. The first-order chi connectivity index (χ1) is 9.72. The predicted molar refractivity (Wildman–Crippen MR) is 71.0 cm³/mol. The van der Waals surface area contributed by atoms with Crippen molar-refractivity contribution in [1.82, 2.24) is 29.5 Å². The van der Waals surface area contributed by atoms with Gasteiger partial charge in [-0.15, -0.1) is 0 Å². The van der Waals surface area contributed by atoms with E-state index in [0.717, 1.165) is 5.69 Å². The summed E-state index contributed by atoms with van der Waals surface area (Å²) < 4.78 is 7.19. The van der Waals surface area contributed by atoms with Gasteiger partial charge in [-0.3, -0.25) is 9.55 Å². The molecule has 0 spiro atoms. The van der Waals surface area contributed by atoms with E-state index in [0.29, 0.717) is 11.7 Å². The largest absolute Gasteiger partial charge is 0.422 e. The van der Waals surface area contributed by atoms with Crippen LogP contribution in [0.25, 0.3) is 5.95 Å². The van der Waals surface area contributed by atoms with Crippen molar-refractivity contribution in [3.8, 4) is 17.7 Å². The predicted octanol–water partition coefficient (Wildman–Crippen LogP) is 2.21. The highest BCUT2D eigenvalue weighted by Gasteiger charge is 2.10. The maximum atomic E-state index is 5.88.